The molecule has 5 rings (SSSR count). The molecule has 3 aromatic carbocycles. The molecular weight excluding hydrogens is 417 g/mol. The van der Waals surface area contributed by atoms with Crippen LogP contribution in [0, 0.1) is 0 Å². The van der Waals surface area contributed by atoms with E-state index < -0.39 is 7.79 Å². The van der Waals surface area contributed by atoms with Gasteiger partial charge < -0.3 is 0 Å². The second-order valence-electron chi connectivity index (χ2n) is 8.55. The minimum atomic E-state index is -3.33. The molecule has 1 atom stereocenters. The number of hydrogen-bond acceptors (Lipinski definition) is 5. The SMILES string of the molecule is O=C1CCN([C@H](c2ccccc2)[PH]2(O)N(c3ccccc3)CCN2c2ccccc2)CC1. The summed E-state index contributed by atoms with van der Waals surface area (Å²) < 4.78 is 4.52. The third-order valence-electron chi connectivity index (χ3n) is 6.68. The molecule has 32 heavy (non-hydrogen) atoms. The van der Waals surface area contributed by atoms with Gasteiger partial charge in [-0.3, -0.25) is 0 Å². The fraction of sp³-hybridized carbons (Fsp3) is 0.269. The predicted octanol–water partition coefficient (Wildman–Crippen LogP) is 4.86. The summed E-state index contributed by atoms with van der Waals surface area (Å²) in [4.78, 5) is 27.3. The number of anilines is 2. The molecule has 0 bridgehead atoms. The van der Waals surface area contributed by atoms with E-state index in [1.54, 1.807) is 0 Å². The molecular formula is C26H30N3O2P. The van der Waals surface area contributed by atoms with E-state index in [-0.39, 0.29) is 5.78 Å². The van der Waals surface area contributed by atoms with Crippen LogP contribution < -0.4 is 9.34 Å². The molecule has 0 spiro atoms. The topological polar surface area (TPSA) is 47.0 Å². The standard InChI is InChI=1S/C26H30N3O2P/c30-25-16-18-27(19-17-25)26(22-10-4-1-5-11-22)32(31)28(23-12-6-2-7-13-23)20-21-29(32)24-14-8-3-9-15-24/h1-15,26,31-32H,16-21H2/t26-/m0/s1. The Morgan fingerprint density at radius 2 is 1.09 bits per heavy atom. The second kappa shape index (κ2) is 9.03. The number of rotatable bonds is 5. The normalized spacial score (nSPS) is 20.8. The first kappa shape index (κ1) is 21.1. The number of Topliss-reactive ketones (excluding diaryl/α,β-unsaturated/α-hetero) is 1. The van der Waals surface area contributed by atoms with Crippen molar-refractivity contribution >= 4 is 24.9 Å². The number of ketones is 1. The summed E-state index contributed by atoms with van der Waals surface area (Å²) in [6.45, 7) is 2.88. The fourth-order valence-corrected chi connectivity index (χ4v) is 9.36. The average Bonchev–Trinajstić information content (AvgIpc) is 3.19. The van der Waals surface area contributed by atoms with E-state index in [0.29, 0.717) is 31.7 Å². The van der Waals surface area contributed by atoms with Crippen molar-refractivity contribution in [3.05, 3.63) is 96.6 Å². The Morgan fingerprint density at radius 3 is 1.56 bits per heavy atom. The zero-order chi connectivity index (χ0) is 22.0. The number of likely N-dealkylation sites (tertiary alicyclic amines) is 1. The number of hydrogen-bond donors (Lipinski definition) is 1. The van der Waals surface area contributed by atoms with Crippen LogP contribution >= 0.6 is 7.79 Å². The maximum absolute atomic E-state index is 12.9. The first-order valence-electron chi connectivity index (χ1n) is 11.4. The van der Waals surface area contributed by atoms with Gasteiger partial charge in [-0.1, -0.05) is 0 Å². The van der Waals surface area contributed by atoms with E-state index in [1.165, 1.54) is 0 Å². The molecule has 0 aromatic heterocycles. The summed E-state index contributed by atoms with van der Waals surface area (Å²) in [5.41, 5.74) is 3.21. The van der Waals surface area contributed by atoms with E-state index in [4.69, 9.17) is 0 Å². The van der Waals surface area contributed by atoms with Crippen LogP contribution in [0.2, 0.25) is 0 Å². The summed E-state index contributed by atoms with van der Waals surface area (Å²) >= 11 is 0. The van der Waals surface area contributed by atoms with E-state index in [2.05, 4.69) is 50.6 Å². The van der Waals surface area contributed by atoms with Crippen LogP contribution in [0.5, 0.6) is 0 Å². The van der Waals surface area contributed by atoms with Gasteiger partial charge in [0.05, 0.1) is 0 Å². The molecule has 3 aromatic rings. The molecule has 5 nitrogen and oxygen atoms in total. The third kappa shape index (κ3) is 3.81. The Hall–Kier alpha value is -2.72. The summed E-state index contributed by atoms with van der Waals surface area (Å²) in [7, 11) is -3.33. The van der Waals surface area contributed by atoms with Gasteiger partial charge in [-0.2, -0.15) is 0 Å². The van der Waals surface area contributed by atoms with Crippen LogP contribution in [-0.4, -0.2) is 41.8 Å². The summed E-state index contributed by atoms with van der Waals surface area (Å²) in [5, 5.41) is 0. The number of benzene rings is 3. The van der Waals surface area contributed by atoms with E-state index in [0.717, 1.165) is 30.0 Å². The molecule has 0 radical (unpaired) electrons. The van der Waals surface area contributed by atoms with Crippen molar-refractivity contribution < 1.29 is 9.69 Å². The van der Waals surface area contributed by atoms with Crippen molar-refractivity contribution in [2.45, 2.75) is 18.6 Å². The third-order valence-corrected chi connectivity index (χ3v) is 10.7. The fourth-order valence-electron chi connectivity index (χ4n) is 5.17. The van der Waals surface area contributed by atoms with E-state index in [9.17, 15) is 9.69 Å². The molecule has 2 aliphatic rings. The van der Waals surface area contributed by atoms with Crippen molar-refractivity contribution in [2.75, 3.05) is 35.5 Å². The zero-order valence-electron chi connectivity index (χ0n) is 18.2. The first-order chi connectivity index (χ1) is 15.7. The molecule has 6 heteroatoms. The van der Waals surface area contributed by atoms with Crippen LogP contribution in [0.15, 0.2) is 91.0 Å². The Labute approximate surface area is 190 Å². The Kier molecular flexibility index (Phi) is 5.97. The van der Waals surface area contributed by atoms with Crippen LogP contribution in [0.25, 0.3) is 0 Å². The molecule has 2 fully saturated rings. The van der Waals surface area contributed by atoms with E-state index >= 15 is 0 Å². The molecule has 2 aliphatic heterocycles. The average molecular weight is 448 g/mol. The zero-order valence-corrected chi connectivity index (χ0v) is 19.2. The number of carbonyl (C=O) groups excluding carboxylic acids is 1. The Morgan fingerprint density at radius 1 is 0.656 bits per heavy atom. The van der Waals surface area contributed by atoms with Gasteiger partial charge in [0, 0.05) is 0 Å². The Balaban J connectivity index is 1.66. The van der Waals surface area contributed by atoms with Gasteiger partial charge in [-0.25, -0.2) is 0 Å². The predicted molar refractivity (Wildman–Crippen MR) is 133 cm³/mol. The molecule has 0 saturated carbocycles. The van der Waals surface area contributed by atoms with Crippen molar-refractivity contribution in [1.29, 1.82) is 0 Å². The minimum absolute atomic E-state index is 0.181. The number of para-hydroxylation sites is 2. The van der Waals surface area contributed by atoms with Crippen molar-refractivity contribution in [2.24, 2.45) is 0 Å². The van der Waals surface area contributed by atoms with Gasteiger partial charge in [-0.05, 0) is 0 Å². The molecule has 0 amide bonds. The molecule has 2 heterocycles. The van der Waals surface area contributed by atoms with Crippen LogP contribution in [0.1, 0.15) is 24.2 Å². The summed E-state index contributed by atoms with van der Waals surface area (Å²) in [6, 6.07) is 30.9. The number of piperidine rings is 1. The molecule has 0 unspecified atom stereocenters. The van der Waals surface area contributed by atoms with Crippen molar-refractivity contribution in [1.82, 2.24) is 4.90 Å². The monoisotopic (exact) mass is 447 g/mol. The van der Waals surface area contributed by atoms with Gasteiger partial charge in [0.2, 0.25) is 0 Å². The Bertz CT molecular complexity index is 991. The molecule has 2 saturated heterocycles. The van der Waals surface area contributed by atoms with Crippen LogP contribution in [0.3, 0.4) is 0 Å². The van der Waals surface area contributed by atoms with Gasteiger partial charge >= 0.3 is 190 Å². The second-order valence-corrected chi connectivity index (χ2v) is 11.6. The first-order valence-corrected chi connectivity index (χ1v) is 13.3. The van der Waals surface area contributed by atoms with Gasteiger partial charge in [-0.15, -0.1) is 0 Å². The number of nitrogens with zero attached hydrogens (tertiary/aromatic N) is 3. The summed E-state index contributed by atoms with van der Waals surface area (Å²) in [5.74, 6) is 0.132. The van der Waals surface area contributed by atoms with Gasteiger partial charge in [0.25, 0.3) is 0 Å². The van der Waals surface area contributed by atoms with Crippen molar-refractivity contribution in [3.8, 4) is 0 Å². The molecule has 0 aliphatic carbocycles. The maximum atomic E-state index is 12.9. The van der Waals surface area contributed by atoms with Crippen LogP contribution in [0.4, 0.5) is 11.4 Å². The van der Waals surface area contributed by atoms with E-state index in [1.807, 2.05) is 54.6 Å². The molecule has 1 N–H and O–H groups in total. The molecule has 166 valence electrons. The van der Waals surface area contributed by atoms with Crippen molar-refractivity contribution in [3.63, 3.8) is 0 Å². The summed E-state index contributed by atoms with van der Waals surface area (Å²) in [6.07, 6.45) is 1.09. The van der Waals surface area contributed by atoms with Crippen LogP contribution in [-0.2, 0) is 4.79 Å². The number of carbonyl (C=O) groups is 1. The van der Waals surface area contributed by atoms with Gasteiger partial charge in [0.1, 0.15) is 0 Å². The van der Waals surface area contributed by atoms with Gasteiger partial charge in [0.15, 0.2) is 0 Å². The quantitative estimate of drug-likeness (QED) is 0.566.